The van der Waals surface area contributed by atoms with E-state index in [2.05, 4.69) is 5.32 Å². The second kappa shape index (κ2) is 8.13. The van der Waals surface area contributed by atoms with Crippen LogP contribution in [0.5, 0.6) is 0 Å². The van der Waals surface area contributed by atoms with Gasteiger partial charge in [0.05, 0.1) is 5.56 Å². The smallest absolute Gasteiger partial charge is 0.339 e. The van der Waals surface area contributed by atoms with Gasteiger partial charge in [0.1, 0.15) is 0 Å². The molecule has 0 radical (unpaired) electrons. The van der Waals surface area contributed by atoms with Crippen LogP contribution in [0.4, 0.5) is 0 Å². The molecule has 0 bridgehead atoms. The Morgan fingerprint density at radius 3 is 2.39 bits per heavy atom. The van der Waals surface area contributed by atoms with Crippen molar-refractivity contribution < 1.29 is 14.3 Å². The van der Waals surface area contributed by atoms with Gasteiger partial charge in [-0.1, -0.05) is 55.5 Å². The number of ether oxygens (including phenoxy) is 1. The largest absolute Gasteiger partial charge is 0.452 e. The Labute approximate surface area is 136 Å². The number of rotatable bonds is 6. The Kier molecular flexibility index (Phi) is 5.92. The molecule has 2 aromatic rings. The monoisotopic (exact) mass is 311 g/mol. The van der Waals surface area contributed by atoms with E-state index in [4.69, 9.17) is 4.74 Å². The van der Waals surface area contributed by atoms with Gasteiger partial charge in [-0.15, -0.1) is 0 Å². The average Bonchev–Trinajstić information content (AvgIpc) is 2.60. The van der Waals surface area contributed by atoms with Gasteiger partial charge in [0, 0.05) is 6.04 Å². The topological polar surface area (TPSA) is 55.4 Å². The standard InChI is InChI=1S/C19H21NO3/c1-3-14(2)20-18(21)13-23-19(22)17-12-8-7-11-16(17)15-9-5-4-6-10-15/h4-12,14H,3,13H2,1-2H3,(H,20,21)/t14-/m1/s1. The lowest BCUT2D eigenvalue weighted by molar-refractivity contribution is -0.124. The van der Waals surface area contributed by atoms with Crippen molar-refractivity contribution in [3.05, 3.63) is 60.2 Å². The van der Waals surface area contributed by atoms with Crippen LogP contribution in [0.15, 0.2) is 54.6 Å². The van der Waals surface area contributed by atoms with Crippen molar-refractivity contribution in [1.29, 1.82) is 0 Å². The molecule has 0 unspecified atom stereocenters. The van der Waals surface area contributed by atoms with Crippen LogP contribution >= 0.6 is 0 Å². The van der Waals surface area contributed by atoms with Crippen molar-refractivity contribution in [2.75, 3.05) is 6.61 Å². The third kappa shape index (κ3) is 4.68. The Morgan fingerprint density at radius 1 is 1.04 bits per heavy atom. The van der Waals surface area contributed by atoms with E-state index in [9.17, 15) is 9.59 Å². The summed E-state index contributed by atoms with van der Waals surface area (Å²) >= 11 is 0. The zero-order chi connectivity index (χ0) is 16.7. The molecule has 0 aliphatic heterocycles. The summed E-state index contributed by atoms with van der Waals surface area (Å²) in [5.74, 6) is -0.784. The highest BCUT2D eigenvalue weighted by atomic mass is 16.5. The number of amides is 1. The lowest BCUT2D eigenvalue weighted by atomic mass is 10.00. The minimum absolute atomic E-state index is 0.0674. The number of carbonyl (C=O) groups excluding carboxylic acids is 2. The molecule has 4 heteroatoms. The van der Waals surface area contributed by atoms with Crippen LogP contribution in [0.25, 0.3) is 11.1 Å². The number of hydrogen-bond acceptors (Lipinski definition) is 3. The molecule has 0 heterocycles. The van der Waals surface area contributed by atoms with Crippen molar-refractivity contribution in [1.82, 2.24) is 5.32 Å². The first kappa shape index (κ1) is 16.7. The van der Waals surface area contributed by atoms with Crippen molar-refractivity contribution in [3.63, 3.8) is 0 Å². The zero-order valence-electron chi connectivity index (χ0n) is 13.4. The summed E-state index contributed by atoms with van der Waals surface area (Å²) in [6.07, 6.45) is 0.830. The Morgan fingerprint density at radius 2 is 1.70 bits per heavy atom. The van der Waals surface area contributed by atoms with E-state index >= 15 is 0 Å². The molecule has 0 saturated heterocycles. The van der Waals surface area contributed by atoms with Crippen molar-refractivity contribution >= 4 is 11.9 Å². The van der Waals surface area contributed by atoms with Gasteiger partial charge in [-0.2, -0.15) is 0 Å². The van der Waals surface area contributed by atoms with Gasteiger partial charge in [-0.3, -0.25) is 4.79 Å². The maximum Gasteiger partial charge on any atom is 0.339 e. The van der Waals surface area contributed by atoms with Gasteiger partial charge >= 0.3 is 5.97 Å². The predicted octanol–water partition coefficient (Wildman–Crippen LogP) is 3.43. The van der Waals surface area contributed by atoms with Crippen LogP contribution in [0.1, 0.15) is 30.6 Å². The first-order chi connectivity index (χ1) is 11.1. The summed E-state index contributed by atoms with van der Waals surface area (Å²) < 4.78 is 5.15. The number of nitrogens with one attached hydrogen (secondary N) is 1. The van der Waals surface area contributed by atoms with Gasteiger partial charge in [0.25, 0.3) is 5.91 Å². The van der Waals surface area contributed by atoms with E-state index in [0.29, 0.717) is 5.56 Å². The molecule has 1 atom stereocenters. The van der Waals surface area contributed by atoms with E-state index in [-0.39, 0.29) is 18.6 Å². The number of hydrogen-bond donors (Lipinski definition) is 1. The molecule has 0 aliphatic rings. The van der Waals surface area contributed by atoms with E-state index in [1.54, 1.807) is 12.1 Å². The number of esters is 1. The summed E-state index contributed by atoms with van der Waals surface area (Å²) in [4.78, 5) is 24.0. The molecule has 1 N–H and O–H groups in total. The van der Waals surface area contributed by atoms with Gasteiger partial charge in [0.15, 0.2) is 6.61 Å². The number of carbonyl (C=O) groups is 2. The normalized spacial score (nSPS) is 11.6. The fourth-order valence-corrected chi connectivity index (χ4v) is 2.16. The Bertz CT molecular complexity index is 667. The quantitative estimate of drug-likeness (QED) is 0.832. The summed E-state index contributed by atoms with van der Waals surface area (Å²) in [6.45, 7) is 3.61. The van der Waals surface area contributed by atoms with Gasteiger partial charge in [-0.25, -0.2) is 4.79 Å². The van der Waals surface area contributed by atoms with Crippen LogP contribution in [0, 0.1) is 0 Å². The molecular formula is C19H21NO3. The predicted molar refractivity (Wildman–Crippen MR) is 90.1 cm³/mol. The van der Waals surface area contributed by atoms with E-state index < -0.39 is 5.97 Å². The highest BCUT2D eigenvalue weighted by Gasteiger charge is 2.15. The third-order valence-electron chi connectivity index (χ3n) is 3.59. The van der Waals surface area contributed by atoms with E-state index in [1.165, 1.54) is 0 Å². The molecule has 0 spiro atoms. The third-order valence-corrected chi connectivity index (χ3v) is 3.59. The molecule has 0 aromatic heterocycles. The van der Waals surface area contributed by atoms with Gasteiger partial charge in [0.2, 0.25) is 0 Å². The van der Waals surface area contributed by atoms with Gasteiger partial charge < -0.3 is 10.1 Å². The molecule has 2 aromatic carbocycles. The first-order valence-corrected chi connectivity index (χ1v) is 7.72. The zero-order valence-corrected chi connectivity index (χ0v) is 13.4. The van der Waals surface area contributed by atoms with Crippen LogP contribution in [-0.4, -0.2) is 24.5 Å². The minimum atomic E-state index is -0.497. The summed E-state index contributed by atoms with van der Waals surface area (Å²) in [5, 5.41) is 2.77. The van der Waals surface area contributed by atoms with Crippen molar-refractivity contribution in [2.24, 2.45) is 0 Å². The molecule has 0 fully saturated rings. The van der Waals surface area contributed by atoms with Crippen LogP contribution < -0.4 is 5.32 Å². The minimum Gasteiger partial charge on any atom is -0.452 e. The van der Waals surface area contributed by atoms with E-state index in [0.717, 1.165) is 17.5 Å². The van der Waals surface area contributed by atoms with Gasteiger partial charge in [-0.05, 0) is 30.5 Å². The Hall–Kier alpha value is -2.62. The lowest BCUT2D eigenvalue weighted by Gasteiger charge is -2.12. The Balaban J connectivity index is 2.07. The molecule has 2 rings (SSSR count). The summed E-state index contributed by atoms with van der Waals surface area (Å²) in [5.41, 5.74) is 2.18. The van der Waals surface area contributed by atoms with Crippen LogP contribution in [0.2, 0.25) is 0 Å². The summed E-state index contributed by atoms with van der Waals surface area (Å²) in [6, 6.07) is 16.9. The highest BCUT2D eigenvalue weighted by molar-refractivity contribution is 5.98. The van der Waals surface area contributed by atoms with Crippen molar-refractivity contribution in [3.8, 4) is 11.1 Å². The first-order valence-electron chi connectivity index (χ1n) is 7.72. The maximum absolute atomic E-state index is 12.3. The van der Waals surface area contributed by atoms with Crippen molar-refractivity contribution in [2.45, 2.75) is 26.3 Å². The summed E-state index contributed by atoms with van der Waals surface area (Å²) in [7, 11) is 0. The fourth-order valence-electron chi connectivity index (χ4n) is 2.16. The molecule has 120 valence electrons. The maximum atomic E-state index is 12.3. The van der Waals surface area contributed by atoms with Crippen LogP contribution in [-0.2, 0) is 9.53 Å². The number of benzene rings is 2. The molecule has 4 nitrogen and oxygen atoms in total. The highest BCUT2D eigenvalue weighted by Crippen LogP contribution is 2.23. The van der Waals surface area contributed by atoms with E-state index in [1.807, 2.05) is 56.3 Å². The molecular weight excluding hydrogens is 290 g/mol. The fraction of sp³-hybridized carbons (Fsp3) is 0.263. The SMILES string of the molecule is CC[C@@H](C)NC(=O)COC(=O)c1ccccc1-c1ccccc1. The molecule has 1 amide bonds. The average molecular weight is 311 g/mol. The second-order valence-electron chi connectivity index (χ2n) is 5.36. The van der Waals surface area contributed by atoms with Crippen LogP contribution in [0.3, 0.4) is 0 Å². The molecule has 0 saturated carbocycles. The molecule has 23 heavy (non-hydrogen) atoms. The molecule has 0 aliphatic carbocycles. The second-order valence-corrected chi connectivity index (χ2v) is 5.36. The lowest BCUT2D eigenvalue weighted by Crippen LogP contribution is -2.35.